The first kappa shape index (κ1) is 33.4. The Morgan fingerprint density at radius 2 is 0.983 bits per heavy atom. The van der Waals surface area contributed by atoms with Gasteiger partial charge in [0.1, 0.15) is 11.2 Å². The van der Waals surface area contributed by atoms with E-state index in [0.29, 0.717) is 0 Å². The average molecular weight is 767 g/mol. The minimum atomic E-state index is -0.0665. The molecule has 0 radical (unpaired) electrons. The summed E-state index contributed by atoms with van der Waals surface area (Å²) < 4.78 is 11.4. The summed E-state index contributed by atoms with van der Waals surface area (Å²) in [7, 11) is 0. The zero-order valence-corrected chi connectivity index (χ0v) is 33.3. The van der Waals surface area contributed by atoms with Gasteiger partial charge < -0.3 is 13.6 Å². The molecule has 9 aromatic carbocycles. The van der Waals surface area contributed by atoms with Crippen LogP contribution in [0.1, 0.15) is 25.0 Å². The van der Waals surface area contributed by atoms with Crippen molar-refractivity contribution < 1.29 is 4.42 Å². The molecule has 60 heavy (non-hydrogen) atoms. The zero-order valence-electron chi connectivity index (χ0n) is 33.3. The van der Waals surface area contributed by atoms with Crippen LogP contribution >= 0.6 is 0 Å². The Morgan fingerprint density at radius 1 is 0.350 bits per heavy atom. The van der Waals surface area contributed by atoms with E-state index in [4.69, 9.17) is 4.42 Å². The lowest BCUT2D eigenvalue weighted by molar-refractivity contribution is 0.660. The van der Waals surface area contributed by atoms with Crippen molar-refractivity contribution in [3.8, 4) is 44.8 Å². The highest BCUT2D eigenvalue weighted by molar-refractivity contribution is 6.17. The number of rotatable bonds is 4. The number of nitrogens with zero attached hydrogens (tertiary/aromatic N) is 2. The third-order valence-corrected chi connectivity index (χ3v) is 13.3. The summed E-state index contributed by atoms with van der Waals surface area (Å²) in [6.45, 7) is 4.70. The summed E-state index contributed by atoms with van der Waals surface area (Å²) in [6, 6.07) is 71.0. The maximum Gasteiger partial charge on any atom is 0.136 e. The molecule has 0 N–H and O–H groups in total. The van der Waals surface area contributed by atoms with Crippen molar-refractivity contribution in [2.24, 2.45) is 0 Å². The van der Waals surface area contributed by atoms with E-state index in [9.17, 15) is 0 Å². The van der Waals surface area contributed by atoms with Crippen molar-refractivity contribution in [3.63, 3.8) is 0 Å². The van der Waals surface area contributed by atoms with Gasteiger partial charge in [-0.25, -0.2) is 0 Å². The van der Waals surface area contributed by atoms with Crippen molar-refractivity contribution >= 4 is 65.6 Å². The van der Waals surface area contributed by atoms with Gasteiger partial charge in [0.2, 0.25) is 0 Å². The van der Waals surface area contributed by atoms with Crippen LogP contribution in [0.15, 0.2) is 199 Å². The van der Waals surface area contributed by atoms with Crippen LogP contribution in [-0.2, 0) is 5.41 Å². The molecule has 282 valence electrons. The van der Waals surface area contributed by atoms with E-state index < -0.39 is 0 Å². The first-order valence-electron chi connectivity index (χ1n) is 20.8. The molecule has 0 bridgehead atoms. The summed E-state index contributed by atoms with van der Waals surface area (Å²) in [5, 5.41) is 7.23. The molecule has 0 saturated carbocycles. The number of furan rings is 1. The minimum absolute atomic E-state index is 0.0665. The molecule has 0 saturated heterocycles. The fourth-order valence-corrected chi connectivity index (χ4v) is 10.5. The highest BCUT2D eigenvalue weighted by atomic mass is 16.3. The molecule has 13 rings (SSSR count). The highest BCUT2D eigenvalue weighted by Gasteiger charge is 2.35. The average Bonchev–Trinajstić information content (AvgIpc) is 4.01. The normalized spacial score (nSPS) is 13.3. The van der Waals surface area contributed by atoms with Crippen molar-refractivity contribution in [3.05, 3.63) is 205 Å². The van der Waals surface area contributed by atoms with E-state index in [1.54, 1.807) is 0 Å². The molecule has 0 unspecified atom stereocenters. The molecule has 3 aromatic heterocycles. The lowest BCUT2D eigenvalue weighted by Crippen LogP contribution is -2.15. The molecule has 3 nitrogen and oxygen atoms in total. The second-order valence-corrected chi connectivity index (χ2v) is 16.9. The molecule has 1 aliphatic rings. The van der Waals surface area contributed by atoms with Gasteiger partial charge in [0.25, 0.3) is 0 Å². The molecule has 0 spiro atoms. The summed E-state index contributed by atoms with van der Waals surface area (Å²) in [6.07, 6.45) is 0. The molecular formula is C57H38N2O. The zero-order chi connectivity index (χ0) is 39.7. The molecule has 3 heterocycles. The molecule has 0 amide bonds. The monoisotopic (exact) mass is 766 g/mol. The summed E-state index contributed by atoms with van der Waals surface area (Å²) in [5.41, 5.74) is 19.0. The smallest absolute Gasteiger partial charge is 0.136 e. The summed E-state index contributed by atoms with van der Waals surface area (Å²) >= 11 is 0. The van der Waals surface area contributed by atoms with Crippen LogP contribution < -0.4 is 0 Å². The quantitative estimate of drug-likeness (QED) is 0.175. The SMILES string of the molecule is CC1(C)c2ccccc2-c2ccc(-n3c4ccccc4c4cc(-c5ccc6c(c5)oc5ccc(-c7cccc8c7c7ccccc7n8-c7ccccc7)cc56)ccc43)cc21. The van der Waals surface area contributed by atoms with Crippen LogP contribution in [0.2, 0.25) is 0 Å². The third-order valence-electron chi connectivity index (χ3n) is 13.3. The number of para-hydroxylation sites is 3. The van der Waals surface area contributed by atoms with E-state index in [2.05, 4.69) is 217 Å². The molecule has 1 aliphatic carbocycles. The lowest BCUT2D eigenvalue weighted by Gasteiger charge is -2.22. The second-order valence-electron chi connectivity index (χ2n) is 16.9. The van der Waals surface area contributed by atoms with Crippen molar-refractivity contribution in [2.75, 3.05) is 0 Å². The van der Waals surface area contributed by atoms with E-state index >= 15 is 0 Å². The number of aromatic nitrogens is 2. The third kappa shape index (κ3) is 4.60. The van der Waals surface area contributed by atoms with E-state index in [0.717, 1.165) is 33.2 Å². The Kier molecular flexibility index (Phi) is 6.78. The van der Waals surface area contributed by atoms with Gasteiger partial charge in [0.05, 0.1) is 22.1 Å². The molecule has 0 aliphatic heterocycles. The maximum atomic E-state index is 6.61. The molecule has 3 heteroatoms. The number of fused-ring (bicyclic) bond motifs is 12. The van der Waals surface area contributed by atoms with Crippen molar-refractivity contribution in [1.29, 1.82) is 0 Å². The maximum absolute atomic E-state index is 6.61. The van der Waals surface area contributed by atoms with Gasteiger partial charge in [0, 0.05) is 49.1 Å². The molecule has 0 fully saturated rings. The second kappa shape index (κ2) is 12.2. The van der Waals surface area contributed by atoms with Gasteiger partial charge in [-0.15, -0.1) is 0 Å². The van der Waals surface area contributed by atoms with Crippen LogP contribution in [-0.4, -0.2) is 9.13 Å². The van der Waals surface area contributed by atoms with Gasteiger partial charge >= 0.3 is 0 Å². The van der Waals surface area contributed by atoms with Gasteiger partial charge in [-0.05, 0) is 123 Å². The fraction of sp³-hybridized carbons (Fsp3) is 0.0526. The van der Waals surface area contributed by atoms with Gasteiger partial charge in [-0.1, -0.05) is 129 Å². The minimum Gasteiger partial charge on any atom is -0.456 e. The first-order chi connectivity index (χ1) is 29.5. The lowest BCUT2D eigenvalue weighted by atomic mass is 9.82. The number of hydrogen-bond donors (Lipinski definition) is 0. The molecule has 12 aromatic rings. The van der Waals surface area contributed by atoms with Crippen LogP contribution in [0.3, 0.4) is 0 Å². The molecule has 0 atom stereocenters. The standard InChI is InChI=1S/C57H38N2O/c1-57(2)48-19-9-6-15-41(48)42-28-26-39(34-49(42)57)59-50-20-10-7-16-43(50)46-31-35(24-29-52(46)59)36-23-27-44-47-32-37(25-30-54(47)60-55(44)33-36)40-18-12-22-53-56(40)45-17-8-11-21-51(45)58(53)38-13-4-3-5-14-38/h3-34H,1-2H3. The van der Waals surface area contributed by atoms with Crippen molar-refractivity contribution in [2.45, 2.75) is 19.3 Å². The summed E-state index contributed by atoms with van der Waals surface area (Å²) in [4.78, 5) is 0. The van der Waals surface area contributed by atoms with Crippen LogP contribution in [0, 0.1) is 0 Å². The predicted octanol–water partition coefficient (Wildman–Crippen LogP) is 15.4. The van der Waals surface area contributed by atoms with Crippen LogP contribution in [0.5, 0.6) is 0 Å². The topological polar surface area (TPSA) is 23.0 Å². The Labute approximate surface area is 347 Å². The van der Waals surface area contributed by atoms with Crippen LogP contribution in [0.4, 0.5) is 0 Å². The first-order valence-corrected chi connectivity index (χ1v) is 20.8. The summed E-state index contributed by atoms with van der Waals surface area (Å²) in [5.74, 6) is 0. The Hall–Kier alpha value is -7.62. The Bertz CT molecular complexity index is 3740. The van der Waals surface area contributed by atoms with Gasteiger partial charge in [-0.3, -0.25) is 0 Å². The largest absolute Gasteiger partial charge is 0.456 e. The van der Waals surface area contributed by atoms with Gasteiger partial charge in [0.15, 0.2) is 0 Å². The van der Waals surface area contributed by atoms with E-state index in [1.165, 1.54) is 88.2 Å². The highest BCUT2D eigenvalue weighted by Crippen LogP contribution is 2.50. The van der Waals surface area contributed by atoms with Crippen LogP contribution in [0.25, 0.3) is 110 Å². The Balaban J connectivity index is 0.916. The number of benzene rings is 9. The van der Waals surface area contributed by atoms with E-state index in [1.807, 2.05) is 0 Å². The predicted molar refractivity (Wildman–Crippen MR) is 251 cm³/mol. The molecular weight excluding hydrogens is 729 g/mol. The number of hydrogen-bond acceptors (Lipinski definition) is 1. The van der Waals surface area contributed by atoms with Crippen molar-refractivity contribution in [1.82, 2.24) is 9.13 Å². The Morgan fingerprint density at radius 3 is 1.87 bits per heavy atom. The fourth-order valence-electron chi connectivity index (χ4n) is 10.5. The van der Waals surface area contributed by atoms with Gasteiger partial charge in [-0.2, -0.15) is 0 Å². The van der Waals surface area contributed by atoms with E-state index in [-0.39, 0.29) is 5.41 Å².